The molecule has 1 atom stereocenters. The van der Waals surface area contributed by atoms with Gasteiger partial charge in [-0.1, -0.05) is 6.58 Å². The first-order valence-corrected chi connectivity index (χ1v) is 4.11. The first-order valence-electron chi connectivity index (χ1n) is 4.11. The number of carbonyl (C=O) groups is 2. The molecule has 1 aliphatic rings. The molecule has 0 aromatic carbocycles. The fourth-order valence-electron chi connectivity index (χ4n) is 0.992. The van der Waals surface area contributed by atoms with Crippen molar-refractivity contribution in [2.75, 3.05) is 6.61 Å². The molecule has 0 aliphatic carbocycles. The normalized spacial score (nSPS) is 21.0. The van der Waals surface area contributed by atoms with Crippen LogP contribution in [0.3, 0.4) is 0 Å². The van der Waals surface area contributed by atoms with Gasteiger partial charge in [0.2, 0.25) is 0 Å². The number of ether oxygens (including phenoxy) is 2. The highest BCUT2D eigenvalue weighted by Gasteiger charge is 2.24. The summed E-state index contributed by atoms with van der Waals surface area (Å²) in [6.07, 6.45) is 0.772. The summed E-state index contributed by atoms with van der Waals surface area (Å²) >= 11 is 0. The lowest BCUT2D eigenvalue weighted by atomic mass is 10.2. The molecule has 1 fully saturated rings. The Morgan fingerprint density at radius 3 is 2.92 bits per heavy atom. The third-order valence-electron chi connectivity index (χ3n) is 1.72. The predicted molar refractivity (Wildman–Crippen MR) is 44.9 cm³/mol. The minimum absolute atomic E-state index is 0.136. The second-order valence-corrected chi connectivity index (χ2v) is 3.03. The highest BCUT2D eigenvalue weighted by molar-refractivity contribution is 5.86. The van der Waals surface area contributed by atoms with Crippen molar-refractivity contribution in [3.8, 4) is 0 Å². The quantitative estimate of drug-likeness (QED) is 0.481. The molecule has 0 amide bonds. The third kappa shape index (κ3) is 2.89. The number of esters is 2. The maximum Gasteiger partial charge on any atom is 0.333 e. The summed E-state index contributed by atoms with van der Waals surface area (Å²) in [6, 6.07) is 0. The van der Waals surface area contributed by atoms with E-state index in [1.807, 2.05) is 0 Å². The van der Waals surface area contributed by atoms with E-state index in [0.717, 1.165) is 0 Å². The molecule has 1 unspecified atom stereocenters. The van der Waals surface area contributed by atoms with Crippen molar-refractivity contribution in [3.05, 3.63) is 12.2 Å². The average Bonchev–Trinajstić information content (AvgIpc) is 2.47. The van der Waals surface area contributed by atoms with Crippen LogP contribution in [0.2, 0.25) is 0 Å². The number of hydrogen-bond donors (Lipinski definition) is 0. The summed E-state index contributed by atoms with van der Waals surface area (Å²) in [5, 5.41) is 0. The van der Waals surface area contributed by atoms with Gasteiger partial charge in [0.05, 0.1) is 0 Å². The van der Waals surface area contributed by atoms with Crippen molar-refractivity contribution in [1.29, 1.82) is 0 Å². The Labute approximate surface area is 76.5 Å². The van der Waals surface area contributed by atoms with Crippen molar-refractivity contribution in [3.63, 3.8) is 0 Å². The second kappa shape index (κ2) is 4.07. The lowest BCUT2D eigenvalue weighted by Crippen LogP contribution is -2.18. The van der Waals surface area contributed by atoms with E-state index in [-0.39, 0.29) is 18.7 Å². The fraction of sp³-hybridized carbons (Fsp3) is 0.556. The largest absolute Gasteiger partial charge is 0.459 e. The maximum atomic E-state index is 10.9. The Balaban J connectivity index is 2.23. The van der Waals surface area contributed by atoms with Gasteiger partial charge in [-0.3, -0.25) is 4.79 Å². The van der Waals surface area contributed by atoms with E-state index >= 15 is 0 Å². The molecule has 72 valence electrons. The van der Waals surface area contributed by atoms with Gasteiger partial charge in [-0.05, 0) is 13.3 Å². The summed E-state index contributed by atoms with van der Waals surface area (Å²) in [4.78, 5) is 21.6. The highest BCUT2D eigenvalue weighted by Crippen LogP contribution is 2.13. The number of hydrogen-bond acceptors (Lipinski definition) is 4. The molecule has 0 aromatic rings. The Hall–Kier alpha value is -1.32. The molecular weight excluding hydrogens is 172 g/mol. The molecule has 4 heteroatoms. The van der Waals surface area contributed by atoms with Gasteiger partial charge in [-0.15, -0.1) is 0 Å². The van der Waals surface area contributed by atoms with E-state index in [1.54, 1.807) is 6.92 Å². The van der Waals surface area contributed by atoms with E-state index in [0.29, 0.717) is 18.4 Å². The summed E-state index contributed by atoms with van der Waals surface area (Å²) in [7, 11) is 0. The monoisotopic (exact) mass is 184 g/mol. The van der Waals surface area contributed by atoms with Crippen LogP contribution in [0.25, 0.3) is 0 Å². The topological polar surface area (TPSA) is 52.6 Å². The number of cyclic esters (lactones) is 1. The van der Waals surface area contributed by atoms with Crippen LogP contribution in [0.5, 0.6) is 0 Å². The lowest BCUT2D eigenvalue weighted by molar-refractivity contribution is -0.150. The van der Waals surface area contributed by atoms with Crippen LogP contribution in [0.15, 0.2) is 12.2 Å². The molecule has 0 bridgehead atoms. The van der Waals surface area contributed by atoms with Crippen LogP contribution in [0, 0.1) is 0 Å². The minimum atomic E-state index is -0.442. The third-order valence-corrected chi connectivity index (χ3v) is 1.72. The Morgan fingerprint density at radius 1 is 1.77 bits per heavy atom. The molecular formula is C9H12O4. The van der Waals surface area contributed by atoms with Gasteiger partial charge in [0.15, 0.2) is 0 Å². The molecule has 1 heterocycles. The summed E-state index contributed by atoms with van der Waals surface area (Å²) in [5.41, 5.74) is 0.351. The SMILES string of the molecule is C=C(C)C(=O)OCC1CCC(=O)O1. The van der Waals surface area contributed by atoms with Gasteiger partial charge < -0.3 is 9.47 Å². The first kappa shape index (κ1) is 9.77. The zero-order chi connectivity index (χ0) is 9.84. The Bertz CT molecular complexity index is 244. The van der Waals surface area contributed by atoms with E-state index in [2.05, 4.69) is 6.58 Å². The van der Waals surface area contributed by atoms with Crippen LogP contribution in [-0.4, -0.2) is 24.6 Å². The van der Waals surface area contributed by atoms with Crippen molar-refractivity contribution in [1.82, 2.24) is 0 Å². The zero-order valence-corrected chi connectivity index (χ0v) is 7.54. The van der Waals surface area contributed by atoms with E-state index in [4.69, 9.17) is 9.47 Å². The fourth-order valence-corrected chi connectivity index (χ4v) is 0.992. The van der Waals surface area contributed by atoms with Crippen LogP contribution >= 0.6 is 0 Å². The Morgan fingerprint density at radius 2 is 2.46 bits per heavy atom. The molecule has 13 heavy (non-hydrogen) atoms. The van der Waals surface area contributed by atoms with Gasteiger partial charge in [-0.2, -0.15) is 0 Å². The lowest BCUT2D eigenvalue weighted by Gasteiger charge is -2.09. The molecule has 1 rings (SSSR count). The van der Waals surface area contributed by atoms with Crippen molar-refractivity contribution in [2.24, 2.45) is 0 Å². The number of carbonyl (C=O) groups excluding carboxylic acids is 2. The van der Waals surface area contributed by atoms with Gasteiger partial charge in [0.25, 0.3) is 0 Å². The summed E-state index contributed by atoms with van der Waals surface area (Å²) in [5.74, 6) is -0.667. The van der Waals surface area contributed by atoms with Gasteiger partial charge in [0.1, 0.15) is 12.7 Å². The maximum absolute atomic E-state index is 10.9. The summed E-state index contributed by atoms with van der Waals surface area (Å²) in [6.45, 7) is 5.14. The van der Waals surface area contributed by atoms with Crippen LogP contribution in [0.4, 0.5) is 0 Å². The molecule has 0 N–H and O–H groups in total. The Kier molecular flexibility index (Phi) is 3.06. The standard InChI is InChI=1S/C9H12O4/c1-6(2)9(11)12-5-7-3-4-8(10)13-7/h7H,1,3-5H2,2H3. The molecule has 1 saturated heterocycles. The van der Waals surface area contributed by atoms with Crippen molar-refractivity contribution < 1.29 is 19.1 Å². The predicted octanol–water partition coefficient (Wildman–Crippen LogP) is 0.811. The molecule has 4 nitrogen and oxygen atoms in total. The van der Waals surface area contributed by atoms with Crippen LogP contribution < -0.4 is 0 Å². The minimum Gasteiger partial charge on any atom is -0.459 e. The average molecular weight is 184 g/mol. The summed E-state index contributed by atoms with van der Waals surface area (Å²) < 4.78 is 9.67. The highest BCUT2D eigenvalue weighted by atomic mass is 16.6. The van der Waals surface area contributed by atoms with E-state index in [9.17, 15) is 9.59 Å². The van der Waals surface area contributed by atoms with Crippen molar-refractivity contribution in [2.45, 2.75) is 25.9 Å². The van der Waals surface area contributed by atoms with Crippen LogP contribution in [0.1, 0.15) is 19.8 Å². The molecule has 0 saturated carbocycles. The molecule has 1 aliphatic heterocycles. The smallest absolute Gasteiger partial charge is 0.333 e. The molecule has 0 radical (unpaired) electrons. The zero-order valence-electron chi connectivity index (χ0n) is 7.54. The molecule has 0 aromatic heterocycles. The van der Waals surface area contributed by atoms with Gasteiger partial charge >= 0.3 is 11.9 Å². The van der Waals surface area contributed by atoms with Crippen LogP contribution in [-0.2, 0) is 19.1 Å². The van der Waals surface area contributed by atoms with E-state index < -0.39 is 5.97 Å². The second-order valence-electron chi connectivity index (χ2n) is 3.03. The van der Waals surface area contributed by atoms with Gasteiger partial charge in [0, 0.05) is 12.0 Å². The number of rotatable bonds is 3. The van der Waals surface area contributed by atoms with Gasteiger partial charge in [-0.25, -0.2) is 4.79 Å². The van der Waals surface area contributed by atoms with E-state index in [1.165, 1.54) is 0 Å². The molecule has 0 spiro atoms. The van der Waals surface area contributed by atoms with Crippen molar-refractivity contribution >= 4 is 11.9 Å². The first-order chi connectivity index (χ1) is 6.09.